The predicted octanol–water partition coefficient (Wildman–Crippen LogP) is 12.1. The van der Waals surface area contributed by atoms with Crippen molar-refractivity contribution in [3.05, 3.63) is 0 Å². The van der Waals surface area contributed by atoms with Crippen LogP contribution in [0, 0.1) is 0 Å². The number of ether oxygens (including phenoxy) is 1. The van der Waals surface area contributed by atoms with Crippen LogP contribution in [0.4, 0.5) is 0 Å². The first kappa shape index (κ1) is 38.9. The lowest BCUT2D eigenvalue weighted by Gasteiger charge is -2.18. The van der Waals surface area contributed by atoms with Crippen molar-refractivity contribution >= 4 is 11.9 Å². The highest BCUT2D eigenvalue weighted by molar-refractivity contribution is 5.69. The van der Waals surface area contributed by atoms with E-state index in [1.165, 1.54) is 135 Å². The molecule has 0 aromatic rings. The van der Waals surface area contributed by atoms with Crippen molar-refractivity contribution in [1.82, 2.24) is 0 Å². The van der Waals surface area contributed by atoms with Gasteiger partial charge in [-0.3, -0.25) is 9.59 Å². The SMILES string of the molecule is CCCCCCCCCCCCCC(=O)OC(CCCCCCCCCCC)CCCCCCCCCC(=O)O. The van der Waals surface area contributed by atoms with Gasteiger partial charge >= 0.3 is 11.9 Å². The molecular formula is C36H70O4. The molecule has 0 aromatic heterocycles. The molecule has 0 aliphatic heterocycles. The van der Waals surface area contributed by atoms with Gasteiger partial charge in [-0.25, -0.2) is 0 Å². The number of rotatable bonds is 33. The Bertz CT molecular complexity index is 533. The zero-order chi connectivity index (χ0) is 29.4. The molecule has 1 unspecified atom stereocenters. The average molecular weight is 567 g/mol. The molecule has 0 fully saturated rings. The maximum Gasteiger partial charge on any atom is 0.306 e. The summed E-state index contributed by atoms with van der Waals surface area (Å²) in [6.45, 7) is 4.54. The van der Waals surface area contributed by atoms with Crippen molar-refractivity contribution in [2.45, 2.75) is 219 Å². The Kier molecular flexibility index (Phi) is 31.6. The van der Waals surface area contributed by atoms with E-state index in [-0.39, 0.29) is 12.1 Å². The number of esters is 1. The fraction of sp³-hybridized carbons (Fsp3) is 0.944. The predicted molar refractivity (Wildman–Crippen MR) is 172 cm³/mol. The number of aliphatic carboxylic acids is 1. The van der Waals surface area contributed by atoms with Crippen molar-refractivity contribution < 1.29 is 19.4 Å². The highest BCUT2D eigenvalue weighted by Crippen LogP contribution is 2.19. The topological polar surface area (TPSA) is 63.6 Å². The molecule has 4 heteroatoms. The van der Waals surface area contributed by atoms with Crippen LogP contribution in [0.15, 0.2) is 0 Å². The minimum Gasteiger partial charge on any atom is -0.481 e. The second-order valence-corrected chi connectivity index (χ2v) is 12.4. The number of hydrogen-bond donors (Lipinski definition) is 1. The smallest absolute Gasteiger partial charge is 0.306 e. The van der Waals surface area contributed by atoms with Gasteiger partial charge in [0, 0.05) is 12.8 Å². The fourth-order valence-corrected chi connectivity index (χ4v) is 5.66. The molecule has 0 rings (SSSR count). The van der Waals surface area contributed by atoms with Crippen LogP contribution in [0.1, 0.15) is 213 Å². The molecule has 0 saturated heterocycles. The Morgan fingerprint density at radius 2 is 0.750 bits per heavy atom. The molecule has 1 N–H and O–H groups in total. The van der Waals surface area contributed by atoms with Crippen LogP contribution < -0.4 is 0 Å². The first-order valence-electron chi connectivity index (χ1n) is 18.0. The molecule has 0 bridgehead atoms. The number of unbranched alkanes of at least 4 members (excludes halogenated alkanes) is 24. The van der Waals surface area contributed by atoms with Crippen molar-refractivity contribution in [1.29, 1.82) is 0 Å². The number of carbonyl (C=O) groups excluding carboxylic acids is 1. The Morgan fingerprint density at radius 1 is 0.450 bits per heavy atom. The van der Waals surface area contributed by atoms with Crippen LogP contribution in [0.2, 0.25) is 0 Å². The van der Waals surface area contributed by atoms with Crippen LogP contribution in [-0.4, -0.2) is 23.1 Å². The molecule has 1 atom stereocenters. The van der Waals surface area contributed by atoms with Gasteiger partial charge in [-0.05, 0) is 38.5 Å². The molecule has 0 aromatic carbocycles. The minimum absolute atomic E-state index is 0.0234. The first-order chi connectivity index (χ1) is 19.6. The van der Waals surface area contributed by atoms with Gasteiger partial charge < -0.3 is 9.84 Å². The van der Waals surface area contributed by atoms with E-state index in [1.807, 2.05) is 0 Å². The molecule has 0 radical (unpaired) electrons. The number of carbonyl (C=O) groups is 2. The molecule has 0 aliphatic carbocycles. The summed E-state index contributed by atoms with van der Waals surface area (Å²) in [5.74, 6) is -0.661. The molecule has 0 aliphatic rings. The van der Waals surface area contributed by atoms with Gasteiger partial charge in [-0.1, -0.05) is 162 Å². The van der Waals surface area contributed by atoms with Crippen LogP contribution >= 0.6 is 0 Å². The lowest BCUT2D eigenvalue weighted by molar-refractivity contribution is -0.150. The lowest BCUT2D eigenvalue weighted by Crippen LogP contribution is -2.18. The fourth-order valence-electron chi connectivity index (χ4n) is 5.66. The molecule has 0 amide bonds. The Morgan fingerprint density at radius 3 is 1.10 bits per heavy atom. The van der Waals surface area contributed by atoms with Gasteiger partial charge in [0.05, 0.1) is 0 Å². The van der Waals surface area contributed by atoms with Crippen LogP contribution in [-0.2, 0) is 14.3 Å². The summed E-state index contributed by atoms with van der Waals surface area (Å²) in [5, 5.41) is 8.74. The molecular weight excluding hydrogens is 496 g/mol. The second kappa shape index (κ2) is 32.5. The second-order valence-electron chi connectivity index (χ2n) is 12.4. The van der Waals surface area contributed by atoms with E-state index in [4.69, 9.17) is 9.84 Å². The van der Waals surface area contributed by atoms with Crippen LogP contribution in [0.5, 0.6) is 0 Å². The molecule has 238 valence electrons. The van der Waals surface area contributed by atoms with Gasteiger partial charge in [-0.15, -0.1) is 0 Å². The zero-order valence-electron chi connectivity index (χ0n) is 27.2. The summed E-state index contributed by atoms with van der Waals surface area (Å²) in [6.07, 6.45) is 36.8. The summed E-state index contributed by atoms with van der Waals surface area (Å²) in [4.78, 5) is 23.2. The largest absolute Gasteiger partial charge is 0.481 e. The van der Waals surface area contributed by atoms with E-state index >= 15 is 0 Å². The van der Waals surface area contributed by atoms with Gasteiger partial charge in [0.1, 0.15) is 6.10 Å². The Balaban J connectivity index is 4.04. The van der Waals surface area contributed by atoms with Crippen molar-refractivity contribution in [2.24, 2.45) is 0 Å². The monoisotopic (exact) mass is 567 g/mol. The summed E-state index contributed by atoms with van der Waals surface area (Å²) < 4.78 is 6.00. The highest BCUT2D eigenvalue weighted by Gasteiger charge is 2.14. The summed E-state index contributed by atoms with van der Waals surface area (Å²) in [7, 11) is 0. The first-order valence-corrected chi connectivity index (χ1v) is 18.0. The lowest BCUT2D eigenvalue weighted by atomic mass is 10.0. The van der Waals surface area contributed by atoms with Crippen molar-refractivity contribution in [3.63, 3.8) is 0 Å². The summed E-state index contributed by atoms with van der Waals surface area (Å²) in [6, 6.07) is 0. The maximum absolute atomic E-state index is 12.6. The van der Waals surface area contributed by atoms with E-state index in [0.717, 1.165) is 51.4 Å². The molecule has 0 heterocycles. The van der Waals surface area contributed by atoms with Crippen LogP contribution in [0.25, 0.3) is 0 Å². The molecule has 0 saturated carbocycles. The highest BCUT2D eigenvalue weighted by atomic mass is 16.5. The normalized spacial score (nSPS) is 12.1. The molecule has 4 nitrogen and oxygen atoms in total. The van der Waals surface area contributed by atoms with Crippen molar-refractivity contribution in [2.75, 3.05) is 0 Å². The Labute approximate surface area is 250 Å². The standard InChI is InChI=1S/C36H70O4/c1-3-5-7-9-11-13-14-16-21-25-29-33-36(39)40-34(30-26-22-18-15-12-10-8-6-4-2)31-27-23-19-17-20-24-28-32-35(37)38/h34H,3-33H2,1-2H3,(H,37,38). The van der Waals surface area contributed by atoms with Crippen LogP contribution in [0.3, 0.4) is 0 Å². The Hall–Kier alpha value is -1.06. The zero-order valence-corrected chi connectivity index (χ0v) is 27.2. The number of hydrogen-bond acceptors (Lipinski definition) is 3. The van der Waals surface area contributed by atoms with E-state index in [1.54, 1.807) is 0 Å². The quantitative estimate of drug-likeness (QED) is 0.0633. The van der Waals surface area contributed by atoms with Crippen molar-refractivity contribution in [3.8, 4) is 0 Å². The van der Waals surface area contributed by atoms with E-state index in [9.17, 15) is 9.59 Å². The van der Waals surface area contributed by atoms with Gasteiger partial charge in [0.2, 0.25) is 0 Å². The maximum atomic E-state index is 12.6. The third-order valence-electron chi connectivity index (χ3n) is 8.33. The minimum atomic E-state index is -0.684. The van der Waals surface area contributed by atoms with Gasteiger partial charge in [0.25, 0.3) is 0 Å². The van der Waals surface area contributed by atoms with E-state index in [2.05, 4.69) is 13.8 Å². The third-order valence-corrected chi connectivity index (χ3v) is 8.33. The summed E-state index contributed by atoms with van der Waals surface area (Å²) in [5.41, 5.74) is 0. The van der Waals surface area contributed by atoms with E-state index in [0.29, 0.717) is 12.8 Å². The molecule has 0 spiro atoms. The van der Waals surface area contributed by atoms with E-state index < -0.39 is 5.97 Å². The average Bonchev–Trinajstić information content (AvgIpc) is 2.93. The third kappa shape index (κ3) is 31.5. The van der Waals surface area contributed by atoms with Gasteiger partial charge in [-0.2, -0.15) is 0 Å². The summed E-state index contributed by atoms with van der Waals surface area (Å²) >= 11 is 0. The molecule has 40 heavy (non-hydrogen) atoms. The van der Waals surface area contributed by atoms with Gasteiger partial charge in [0.15, 0.2) is 0 Å². The number of carboxylic acids is 1. The number of carboxylic acid groups (broad SMARTS) is 1.